The van der Waals surface area contributed by atoms with E-state index in [9.17, 15) is 23.6 Å². The predicted octanol–water partition coefficient (Wildman–Crippen LogP) is 6.80. The molecular formula is C33H24Br2FN3O5S2. The summed E-state index contributed by atoms with van der Waals surface area (Å²) in [6, 6.07) is 18.3. The molecular weight excluding hydrogens is 761 g/mol. The summed E-state index contributed by atoms with van der Waals surface area (Å²) in [5, 5.41) is 3.51. The van der Waals surface area contributed by atoms with Crippen LogP contribution >= 0.6 is 55.0 Å². The monoisotopic (exact) mass is 783 g/mol. The molecule has 4 aliphatic rings. The second kappa shape index (κ2) is 11.5. The molecule has 1 saturated heterocycles. The van der Waals surface area contributed by atoms with Crippen LogP contribution in [0.2, 0.25) is 0 Å². The minimum atomic E-state index is -0.444. The minimum Gasteiger partial charge on any atom is -0.483 e. The molecule has 3 fully saturated rings. The lowest BCUT2D eigenvalue weighted by molar-refractivity contribution is -0.123. The lowest BCUT2D eigenvalue weighted by Crippen LogP contribution is -2.42. The van der Waals surface area contributed by atoms with Crippen molar-refractivity contribution in [3.05, 3.63) is 102 Å². The van der Waals surface area contributed by atoms with Gasteiger partial charge in [-0.05, 0) is 90.9 Å². The first-order valence-corrected chi connectivity index (χ1v) is 18.0. The first kappa shape index (κ1) is 30.1. The van der Waals surface area contributed by atoms with E-state index in [1.807, 2.05) is 24.3 Å². The fraction of sp³-hybridized carbons (Fsp3) is 0.273. The molecule has 13 heteroatoms. The highest BCUT2D eigenvalue weighted by Crippen LogP contribution is 2.69. The normalized spacial score (nSPS) is 27.4. The van der Waals surface area contributed by atoms with Gasteiger partial charge in [-0.15, -0.1) is 11.8 Å². The summed E-state index contributed by atoms with van der Waals surface area (Å²) in [6.07, 6.45) is 0.753. The van der Waals surface area contributed by atoms with E-state index in [2.05, 4.69) is 42.2 Å². The third-order valence-electron chi connectivity index (χ3n) is 9.60. The van der Waals surface area contributed by atoms with Crippen molar-refractivity contribution in [2.24, 2.45) is 29.6 Å². The number of carbonyl (C=O) groups excluding carboxylic acids is 3. The van der Waals surface area contributed by atoms with E-state index in [0.717, 1.165) is 42.2 Å². The summed E-state index contributed by atoms with van der Waals surface area (Å²) in [5.74, 6) is -1.92. The first-order chi connectivity index (χ1) is 22.2. The lowest BCUT2D eigenvalue weighted by atomic mass is 9.68. The Bertz CT molecular complexity index is 1970. The fourth-order valence-electron chi connectivity index (χ4n) is 7.98. The van der Waals surface area contributed by atoms with Gasteiger partial charge in [0, 0.05) is 36.2 Å². The Balaban J connectivity index is 1.14. The smallest absolute Gasteiger partial charge is 0.305 e. The highest BCUT2D eigenvalue weighted by Gasteiger charge is 2.69. The number of rotatable bonds is 6. The Kier molecular flexibility index (Phi) is 7.50. The number of carbonyl (C=O) groups is 3. The summed E-state index contributed by atoms with van der Waals surface area (Å²) in [4.78, 5) is 58.6. The Morgan fingerprint density at radius 2 is 1.65 bits per heavy atom. The van der Waals surface area contributed by atoms with Crippen molar-refractivity contribution in [2.75, 3.05) is 16.8 Å². The molecule has 3 amide bonds. The average Bonchev–Trinajstić information content (AvgIpc) is 3.77. The van der Waals surface area contributed by atoms with Crippen molar-refractivity contribution >= 4 is 84.1 Å². The van der Waals surface area contributed by atoms with Gasteiger partial charge in [-0.2, -0.15) is 0 Å². The summed E-state index contributed by atoms with van der Waals surface area (Å²) >= 11 is 9.81. The molecule has 234 valence electrons. The Hall–Kier alpha value is -3.26. The van der Waals surface area contributed by atoms with Gasteiger partial charge in [-0.25, -0.2) is 4.39 Å². The zero-order valence-corrected chi connectivity index (χ0v) is 28.6. The number of imide groups is 1. The van der Waals surface area contributed by atoms with E-state index in [0.29, 0.717) is 17.1 Å². The molecule has 46 heavy (non-hydrogen) atoms. The Labute approximate surface area is 287 Å². The SMILES string of the molecule is O=C(COc1ccc(Br)cc1[C@@H]1c2sc(=O)[nH]c2S[C@@H]2[C@@H]3C[C@@H]([C@@H]4C(=O)N(c5ccc(Br)cc5)C(=O)[C@@H]34)[C@H]12)Nc1ccc(F)cc1. The van der Waals surface area contributed by atoms with Crippen molar-refractivity contribution < 1.29 is 23.5 Å². The molecule has 4 aromatic rings. The molecule has 7 atom stereocenters. The largest absolute Gasteiger partial charge is 0.483 e. The van der Waals surface area contributed by atoms with Gasteiger partial charge >= 0.3 is 4.87 Å². The topological polar surface area (TPSA) is 109 Å². The predicted molar refractivity (Wildman–Crippen MR) is 180 cm³/mol. The van der Waals surface area contributed by atoms with Crippen LogP contribution in [0.3, 0.4) is 0 Å². The molecule has 8 nitrogen and oxygen atoms in total. The molecule has 1 aromatic heterocycles. The van der Waals surface area contributed by atoms with Crippen molar-refractivity contribution in [3.8, 4) is 5.75 Å². The second-order valence-electron chi connectivity index (χ2n) is 12.0. The van der Waals surface area contributed by atoms with Gasteiger partial charge in [0.2, 0.25) is 11.8 Å². The number of amides is 3. The number of benzene rings is 3. The summed E-state index contributed by atoms with van der Waals surface area (Å²) in [7, 11) is 0. The average molecular weight is 786 g/mol. The van der Waals surface area contributed by atoms with Crippen molar-refractivity contribution in [2.45, 2.75) is 22.6 Å². The Morgan fingerprint density at radius 1 is 0.957 bits per heavy atom. The summed E-state index contributed by atoms with van der Waals surface area (Å²) in [6.45, 7) is -0.288. The number of thiazole rings is 1. The molecule has 2 aliphatic heterocycles. The number of hydrogen-bond acceptors (Lipinski definition) is 7. The maximum atomic E-state index is 14.0. The minimum absolute atomic E-state index is 0.00391. The standard InChI is InChI=1S/C33H24Br2FN3O5S2/c34-14-1-8-18(9-2-14)39-31(41)26-20-12-21(27(26)32(39)42)28-25(20)24(29-30(45-28)38-33(43)46-29)19-11-15(35)3-10-22(19)44-13-23(40)37-17-6-4-16(36)5-7-17/h1-11,20-21,24-28H,12-13H2,(H,37,40)(H,38,43)/t20-,21-,24+,25-,26+,27+,28-/m1/s1. The summed E-state index contributed by atoms with van der Waals surface area (Å²) in [5.41, 5.74) is 1.83. The van der Waals surface area contributed by atoms with Gasteiger partial charge in [0.15, 0.2) is 6.61 Å². The number of thioether (sulfide) groups is 1. The molecule has 2 aliphatic carbocycles. The van der Waals surface area contributed by atoms with E-state index in [1.165, 1.54) is 29.2 Å². The number of H-pyrrole nitrogens is 1. The number of anilines is 2. The van der Waals surface area contributed by atoms with Crippen LogP contribution in [0.1, 0.15) is 22.8 Å². The fourth-order valence-corrected chi connectivity index (χ4v) is 11.5. The maximum absolute atomic E-state index is 14.0. The number of hydrogen-bond donors (Lipinski definition) is 2. The molecule has 2 bridgehead atoms. The van der Waals surface area contributed by atoms with Gasteiger partial charge in [0.1, 0.15) is 11.6 Å². The number of aromatic nitrogens is 1. The van der Waals surface area contributed by atoms with E-state index in [1.54, 1.807) is 30.0 Å². The highest BCUT2D eigenvalue weighted by molar-refractivity contribution is 9.10. The highest BCUT2D eigenvalue weighted by atomic mass is 79.9. The third-order valence-corrected chi connectivity index (χ3v) is 13.2. The zero-order valence-electron chi connectivity index (χ0n) is 23.7. The van der Waals surface area contributed by atoms with Crippen molar-refractivity contribution in [3.63, 3.8) is 0 Å². The molecule has 3 heterocycles. The molecule has 3 aromatic carbocycles. The molecule has 0 unspecified atom stereocenters. The van der Waals surface area contributed by atoms with Gasteiger partial charge in [-0.3, -0.25) is 24.1 Å². The van der Waals surface area contributed by atoms with Crippen LogP contribution in [0.5, 0.6) is 5.75 Å². The van der Waals surface area contributed by atoms with E-state index >= 15 is 0 Å². The van der Waals surface area contributed by atoms with Gasteiger partial charge in [-0.1, -0.05) is 43.2 Å². The third kappa shape index (κ3) is 4.89. The molecule has 2 N–H and O–H groups in total. The lowest BCUT2D eigenvalue weighted by Gasteiger charge is -2.43. The Morgan fingerprint density at radius 3 is 2.39 bits per heavy atom. The van der Waals surface area contributed by atoms with Crippen LogP contribution < -0.4 is 19.8 Å². The van der Waals surface area contributed by atoms with Gasteiger partial charge < -0.3 is 15.0 Å². The molecule has 2 saturated carbocycles. The molecule has 0 radical (unpaired) electrons. The number of aromatic amines is 1. The van der Waals surface area contributed by atoms with Gasteiger partial charge in [0.05, 0.1) is 22.5 Å². The number of nitrogens with zero attached hydrogens (tertiary/aromatic N) is 1. The van der Waals surface area contributed by atoms with Crippen LogP contribution in [0, 0.1) is 35.4 Å². The van der Waals surface area contributed by atoms with Crippen LogP contribution in [-0.2, 0) is 14.4 Å². The van der Waals surface area contributed by atoms with Crippen molar-refractivity contribution in [1.29, 1.82) is 0 Å². The van der Waals surface area contributed by atoms with E-state index in [-0.39, 0.29) is 52.2 Å². The number of fused-ring (bicyclic) bond motifs is 9. The number of ether oxygens (including phenoxy) is 1. The van der Waals surface area contributed by atoms with Crippen LogP contribution in [0.25, 0.3) is 0 Å². The molecule has 0 spiro atoms. The zero-order chi connectivity index (χ0) is 31.9. The number of nitrogens with one attached hydrogen (secondary N) is 2. The second-order valence-corrected chi connectivity index (χ2v) is 16.0. The first-order valence-electron chi connectivity index (χ1n) is 14.7. The van der Waals surface area contributed by atoms with E-state index in [4.69, 9.17) is 4.74 Å². The van der Waals surface area contributed by atoms with Crippen LogP contribution in [-0.4, -0.2) is 34.6 Å². The molecule has 8 rings (SSSR count). The quantitative estimate of drug-likeness (QED) is 0.209. The number of halogens is 3. The van der Waals surface area contributed by atoms with Gasteiger partial charge in [0.25, 0.3) is 5.91 Å². The van der Waals surface area contributed by atoms with Crippen LogP contribution in [0.15, 0.2) is 85.5 Å². The maximum Gasteiger partial charge on any atom is 0.305 e. The summed E-state index contributed by atoms with van der Waals surface area (Å²) < 4.78 is 21.1. The van der Waals surface area contributed by atoms with Crippen LogP contribution in [0.4, 0.5) is 15.8 Å². The van der Waals surface area contributed by atoms with Crippen molar-refractivity contribution in [1.82, 2.24) is 4.98 Å². The van der Waals surface area contributed by atoms with E-state index < -0.39 is 23.6 Å².